The molecular formula is C8H12BrNO. The molecule has 0 spiro atoms. The summed E-state index contributed by atoms with van der Waals surface area (Å²) in [6.07, 6.45) is 6.19. The first-order chi connectivity index (χ1) is 5.20. The highest BCUT2D eigenvalue weighted by Crippen LogP contribution is 2.19. The van der Waals surface area contributed by atoms with Crippen molar-refractivity contribution in [3.05, 3.63) is 12.2 Å². The van der Waals surface area contributed by atoms with Crippen molar-refractivity contribution < 1.29 is 4.79 Å². The van der Waals surface area contributed by atoms with Crippen molar-refractivity contribution in [2.75, 3.05) is 0 Å². The average Bonchev–Trinajstić information content (AvgIpc) is 1.93. The van der Waals surface area contributed by atoms with Crippen molar-refractivity contribution in [1.29, 1.82) is 0 Å². The fourth-order valence-corrected chi connectivity index (χ4v) is 1.76. The van der Waals surface area contributed by atoms with Crippen LogP contribution in [0.25, 0.3) is 0 Å². The second-order valence-electron chi connectivity index (χ2n) is 2.77. The van der Waals surface area contributed by atoms with Gasteiger partial charge in [-0.1, -0.05) is 28.1 Å². The van der Waals surface area contributed by atoms with Gasteiger partial charge in [0.15, 0.2) is 0 Å². The topological polar surface area (TPSA) is 29.1 Å². The minimum Gasteiger partial charge on any atom is -0.352 e. The molecule has 0 fully saturated rings. The summed E-state index contributed by atoms with van der Waals surface area (Å²) in [5.74, 6) is 0.0507. The van der Waals surface area contributed by atoms with E-state index >= 15 is 0 Å². The van der Waals surface area contributed by atoms with Crippen molar-refractivity contribution in [1.82, 2.24) is 5.32 Å². The predicted molar refractivity (Wildman–Crippen MR) is 48.7 cm³/mol. The lowest BCUT2D eigenvalue weighted by Gasteiger charge is -2.24. The van der Waals surface area contributed by atoms with Gasteiger partial charge < -0.3 is 5.32 Å². The van der Waals surface area contributed by atoms with Gasteiger partial charge in [0.05, 0.1) is 0 Å². The SMILES string of the molecule is CC(=O)N[C@@H]1CC=CC[C@H]1Br. The molecule has 0 unspecified atom stereocenters. The largest absolute Gasteiger partial charge is 0.352 e. The maximum atomic E-state index is 10.7. The number of hydrogen-bond acceptors (Lipinski definition) is 1. The molecule has 0 saturated carbocycles. The normalized spacial score (nSPS) is 30.0. The van der Waals surface area contributed by atoms with Crippen molar-refractivity contribution >= 4 is 21.8 Å². The van der Waals surface area contributed by atoms with Gasteiger partial charge in [0, 0.05) is 17.8 Å². The van der Waals surface area contributed by atoms with Crippen LogP contribution in [-0.2, 0) is 4.79 Å². The Bertz CT molecular complexity index is 179. The van der Waals surface area contributed by atoms with Gasteiger partial charge in [0.1, 0.15) is 0 Å². The minimum atomic E-state index is 0.0507. The first-order valence-corrected chi connectivity index (χ1v) is 4.68. The number of halogens is 1. The van der Waals surface area contributed by atoms with Crippen molar-refractivity contribution in [3.63, 3.8) is 0 Å². The molecule has 1 N–H and O–H groups in total. The van der Waals surface area contributed by atoms with Crippen molar-refractivity contribution in [2.24, 2.45) is 0 Å². The maximum absolute atomic E-state index is 10.7. The van der Waals surface area contributed by atoms with Crippen LogP contribution in [0.3, 0.4) is 0 Å². The van der Waals surface area contributed by atoms with E-state index in [4.69, 9.17) is 0 Å². The fraction of sp³-hybridized carbons (Fsp3) is 0.625. The van der Waals surface area contributed by atoms with Gasteiger partial charge in [-0.05, 0) is 12.8 Å². The average molecular weight is 218 g/mol. The van der Waals surface area contributed by atoms with Crippen LogP contribution in [0.2, 0.25) is 0 Å². The van der Waals surface area contributed by atoms with Gasteiger partial charge in [-0.15, -0.1) is 0 Å². The van der Waals surface area contributed by atoms with Gasteiger partial charge >= 0.3 is 0 Å². The third-order valence-electron chi connectivity index (χ3n) is 1.74. The molecular weight excluding hydrogens is 206 g/mol. The van der Waals surface area contributed by atoms with Crippen LogP contribution in [0.5, 0.6) is 0 Å². The summed E-state index contributed by atoms with van der Waals surface area (Å²) >= 11 is 3.52. The molecule has 0 heterocycles. The van der Waals surface area contributed by atoms with Crippen LogP contribution in [-0.4, -0.2) is 16.8 Å². The fourth-order valence-electron chi connectivity index (χ4n) is 1.19. The zero-order chi connectivity index (χ0) is 8.27. The Labute approximate surface area is 75.2 Å². The van der Waals surface area contributed by atoms with E-state index in [0.717, 1.165) is 12.8 Å². The summed E-state index contributed by atoms with van der Waals surface area (Å²) in [6, 6.07) is 0.275. The standard InChI is InChI=1S/C8H12BrNO/c1-6(11)10-8-5-3-2-4-7(8)9/h2-3,7-8H,4-5H2,1H3,(H,10,11)/t7-,8-/m1/s1. The van der Waals surface area contributed by atoms with E-state index < -0.39 is 0 Å². The number of nitrogens with one attached hydrogen (secondary N) is 1. The zero-order valence-electron chi connectivity index (χ0n) is 6.51. The highest BCUT2D eigenvalue weighted by molar-refractivity contribution is 9.09. The molecule has 0 saturated heterocycles. The smallest absolute Gasteiger partial charge is 0.217 e. The molecule has 1 amide bonds. The van der Waals surface area contributed by atoms with E-state index in [1.54, 1.807) is 6.92 Å². The molecule has 0 aliphatic heterocycles. The summed E-state index contributed by atoms with van der Waals surface area (Å²) in [6.45, 7) is 1.55. The van der Waals surface area contributed by atoms with Crippen LogP contribution < -0.4 is 5.32 Å². The number of allylic oxidation sites excluding steroid dienone is 1. The molecule has 2 atom stereocenters. The van der Waals surface area contributed by atoms with Crippen LogP contribution in [0.4, 0.5) is 0 Å². The number of rotatable bonds is 1. The molecule has 3 heteroatoms. The number of carbonyl (C=O) groups excluding carboxylic acids is 1. The highest BCUT2D eigenvalue weighted by atomic mass is 79.9. The molecule has 1 aliphatic rings. The third-order valence-corrected chi connectivity index (χ3v) is 2.76. The van der Waals surface area contributed by atoms with Crippen LogP contribution in [0.1, 0.15) is 19.8 Å². The van der Waals surface area contributed by atoms with Gasteiger partial charge in [-0.2, -0.15) is 0 Å². The van der Waals surface area contributed by atoms with Gasteiger partial charge in [0.25, 0.3) is 0 Å². The number of hydrogen-bond donors (Lipinski definition) is 1. The van der Waals surface area contributed by atoms with Crippen LogP contribution in [0, 0.1) is 0 Å². The van der Waals surface area contributed by atoms with E-state index in [2.05, 4.69) is 33.4 Å². The molecule has 1 aliphatic carbocycles. The molecule has 1 rings (SSSR count). The molecule has 11 heavy (non-hydrogen) atoms. The quantitative estimate of drug-likeness (QED) is 0.525. The minimum absolute atomic E-state index is 0.0507. The maximum Gasteiger partial charge on any atom is 0.217 e. The Morgan fingerprint density at radius 1 is 1.55 bits per heavy atom. The Morgan fingerprint density at radius 3 is 2.73 bits per heavy atom. The summed E-state index contributed by atoms with van der Waals surface area (Å²) in [5, 5.41) is 2.89. The second-order valence-corrected chi connectivity index (χ2v) is 3.94. The third kappa shape index (κ3) is 2.66. The Balaban J connectivity index is 2.44. The molecule has 0 aromatic carbocycles. The molecule has 0 bridgehead atoms. The van der Waals surface area contributed by atoms with Crippen molar-refractivity contribution in [2.45, 2.75) is 30.6 Å². The first kappa shape index (κ1) is 8.78. The van der Waals surface area contributed by atoms with E-state index in [-0.39, 0.29) is 11.9 Å². The lowest BCUT2D eigenvalue weighted by molar-refractivity contribution is -0.119. The highest BCUT2D eigenvalue weighted by Gasteiger charge is 2.19. The Kier molecular flexibility index (Phi) is 3.12. The van der Waals surface area contributed by atoms with Gasteiger partial charge in [0.2, 0.25) is 5.91 Å². The summed E-state index contributed by atoms with van der Waals surface area (Å²) in [5.41, 5.74) is 0. The van der Waals surface area contributed by atoms with Gasteiger partial charge in [-0.3, -0.25) is 4.79 Å². The molecule has 0 aromatic rings. The number of alkyl halides is 1. The van der Waals surface area contributed by atoms with Crippen molar-refractivity contribution in [3.8, 4) is 0 Å². The summed E-state index contributed by atoms with van der Waals surface area (Å²) in [7, 11) is 0. The zero-order valence-corrected chi connectivity index (χ0v) is 8.10. The molecule has 2 nitrogen and oxygen atoms in total. The molecule has 0 radical (unpaired) electrons. The van der Waals surface area contributed by atoms with E-state index in [9.17, 15) is 4.79 Å². The number of amides is 1. The van der Waals surface area contributed by atoms with Crippen LogP contribution in [0.15, 0.2) is 12.2 Å². The Morgan fingerprint density at radius 2 is 2.18 bits per heavy atom. The number of carbonyl (C=O) groups is 1. The molecule has 62 valence electrons. The molecule has 0 aromatic heterocycles. The van der Waals surface area contributed by atoms with E-state index in [1.807, 2.05) is 0 Å². The predicted octanol–water partition coefficient (Wildman–Crippen LogP) is 1.60. The Hall–Kier alpha value is -0.310. The second kappa shape index (κ2) is 3.90. The van der Waals surface area contributed by atoms with Gasteiger partial charge in [-0.25, -0.2) is 0 Å². The van der Waals surface area contributed by atoms with E-state index in [0.29, 0.717) is 4.83 Å². The van der Waals surface area contributed by atoms with Crippen LogP contribution >= 0.6 is 15.9 Å². The lowest BCUT2D eigenvalue weighted by atomic mass is 10.0. The van der Waals surface area contributed by atoms with E-state index in [1.165, 1.54) is 0 Å². The lowest BCUT2D eigenvalue weighted by Crippen LogP contribution is -2.40. The summed E-state index contributed by atoms with van der Waals surface area (Å²) in [4.78, 5) is 11.1. The first-order valence-electron chi connectivity index (χ1n) is 3.76. The monoisotopic (exact) mass is 217 g/mol. The summed E-state index contributed by atoms with van der Waals surface area (Å²) < 4.78 is 0.